The van der Waals surface area contributed by atoms with Gasteiger partial charge in [-0.3, -0.25) is 0 Å². The van der Waals surface area contributed by atoms with Crippen molar-refractivity contribution in [2.45, 2.75) is 48.0 Å². The van der Waals surface area contributed by atoms with Gasteiger partial charge in [-0.25, -0.2) is 0 Å². The summed E-state index contributed by atoms with van der Waals surface area (Å²) in [7, 11) is 0. The van der Waals surface area contributed by atoms with Crippen molar-refractivity contribution in [2.24, 2.45) is 0 Å². The molecule has 2 unspecified atom stereocenters. The first-order valence-electron chi connectivity index (χ1n) is 9.65. The van der Waals surface area contributed by atoms with E-state index < -0.39 is 38.4 Å². The number of thioether (sulfide) groups is 2. The number of hydrogen-bond donors (Lipinski definition) is 0. The lowest BCUT2D eigenvalue weighted by Gasteiger charge is -2.47. The topological polar surface area (TPSA) is 23.8 Å². The molecule has 2 aliphatic heterocycles. The lowest BCUT2D eigenvalue weighted by atomic mass is 9.71. The van der Waals surface area contributed by atoms with Gasteiger partial charge in [0.05, 0.1) is 21.1 Å². The number of nitriles is 1. The van der Waals surface area contributed by atoms with Crippen molar-refractivity contribution in [3.8, 4) is 6.07 Å². The molecule has 32 heavy (non-hydrogen) atoms. The number of benzene rings is 1. The van der Waals surface area contributed by atoms with E-state index in [2.05, 4.69) is 0 Å². The molecule has 4 aliphatic rings. The van der Waals surface area contributed by atoms with Gasteiger partial charge in [0.25, 0.3) is 0 Å². The first-order chi connectivity index (χ1) is 14.7. The highest BCUT2D eigenvalue weighted by Crippen LogP contribution is 2.74. The quantitative estimate of drug-likeness (QED) is 0.391. The normalized spacial score (nSPS) is 33.4. The first kappa shape index (κ1) is 21.8. The molecule has 0 saturated heterocycles. The smallest absolute Gasteiger partial charge is 0.194 e. The third kappa shape index (κ3) is 2.25. The maximum atomic E-state index is 15.0. The Hall–Kier alpha value is -2.05. The van der Waals surface area contributed by atoms with Gasteiger partial charge in [0.1, 0.15) is 0 Å². The van der Waals surface area contributed by atoms with Gasteiger partial charge in [-0.15, -0.1) is 23.5 Å². The summed E-state index contributed by atoms with van der Waals surface area (Å²) in [5, 5.41) is 9.01. The molecule has 1 aromatic carbocycles. The van der Waals surface area contributed by atoms with Crippen LogP contribution >= 0.6 is 23.5 Å². The molecule has 0 spiro atoms. The molecule has 2 heterocycles. The van der Waals surface area contributed by atoms with Gasteiger partial charge in [0, 0.05) is 16.1 Å². The van der Waals surface area contributed by atoms with Crippen molar-refractivity contribution >= 4 is 28.4 Å². The fourth-order valence-corrected chi connectivity index (χ4v) is 8.03. The zero-order valence-electron chi connectivity index (χ0n) is 17.0. The molecule has 2 aliphatic carbocycles. The van der Waals surface area contributed by atoms with Crippen LogP contribution in [0.15, 0.2) is 63.6 Å². The van der Waals surface area contributed by atoms with E-state index in [1.807, 2.05) is 6.07 Å². The molecular formula is C23H15F6NS2. The van der Waals surface area contributed by atoms with E-state index in [4.69, 9.17) is 5.26 Å². The maximum absolute atomic E-state index is 15.0. The Kier molecular flexibility index (Phi) is 4.14. The van der Waals surface area contributed by atoms with Gasteiger partial charge >= 0.3 is 17.8 Å². The third-order valence-electron chi connectivity index (χ3n) is 6.74. The average molecular weight is 484 g/mol. The molecular weight excluding hydrogens is 468 g/mol. The van der Waals surface area contributed by atoms with Crippen molar-refractivity contribution in [1.29, 1.82) is 5.26 Å². The number of hydrogen-bond acceptors (Lipinski definition) is 3. The summed E-state index contributed by atoms with van der Waals surface area (Å²) in [5.41, 5.74) is -1.87. The van der Waals surface area contributed by atoms with Crippen LogP contribution in [0, 0.1) is 11.3 Å². The molecule has 9 heteroatoms. The molecule has 0 aromatic heterocycles. The minimum atomic E-state index is -5.54. The zero-order valence-corrected chi connectivity index (χ0v) is 18.6. The van der Waals surface area contributed by atoms with E-state index >= 15 is 8.78 Å². The molecule has 1 fully saturated rings. The summed E-state index contributed by atoms with van der Waals surface area (Å²) in [4.78, 5) is 1.10. The van der Waals surface area contributed by atoms with Crippen molar-refractivity contribution < 1.29 is 26.3 Å². The Morgan fingerprint density at radius 3 is 1.81 bits per heavy atom. The summed E-state index contributed by atoms with van der Waals surface area (Å²) in [5.74, 6) is -15.6. The van der Waals surface area contributed by atoms with Crippen LogP contribution in [0.4, 0.5) is 26.3 Å². The Morgan fingerprint density at radius 2 is 1.28 bits per heavy atom. The van der Waals surface area contributed by atoms with Crippen LogP contribution in [0.1, 0.15) is 31.9 Å². The molecule has 5 rings (SSSR count). The standard InChI is InChI=1S/C23H15F6NS2/c1-11-8-14-17-18(22(26,27)23(28,29)21(17,24)25)15-9-16(13-6-4-12(10-30)5-7-13)32-20(15,3)19(14,2)31-11/h4-9H,1-3H3. The number of nitrogens with zero attached hydrogens (tertiary/aromatic N) is 1. The fourth-order valence-electron chi connectivity index (χ4n) is 4.93. The lowest BCUT2D eigenvalue weighted by Crippen LogP contribution is -2.48. The summed E-state index contributed by atoms with van der Waals surface area (Å²) in [6.45, 7) is 4.95. The van der Waals surface area contributed by atoms with E-state index in [1.165, 1.54) is 35.7 Å². The number of halogens is 6. The van der Waals surface area contributed by atoms with E-state index in [0.717, 1.165) is 0 Å². The zero-order chi connectivity index (χ0) is 23.5. The highest BCUT2D eigenvalue weighted by molar-refractivity contribution is 8.12. The van der Waals surface area contributed by atoms with Gasteiger partial charge in [-0.05, 0) is 66.7 Å². The summed E-state index contributed by atoms with van der Waals surface area (Å²) < 4.78 is 86.7. The Balaban J connectivity index is 1.84. The first-order valence-corrected chi connectivity index (χ1v) is 11.3. The number of alkyl halides is 6. The van der Waals surface area contributed by atoms with Gasteiger partial charge in [0.2, 0.25) is 0 Å². The molecule has 0 amide bonds. The molecule has 0 N–H and O–H groups in total. The Bertz CT molecular complexity index is 1250. The second-order valence-corrected chi connectivity index (χ2v) is 11.6. The van der Waals surface area contributed by atoms with Crippen LogP contribution in [-0.4, -0.2) is 27.3 Å². The Morgan fingerprint density at radius 1 is 0.781 bits per heavy atom. The third-order valence-corrected chi connectivity index (χ3v) is 9.96. The van der Waals surface area contributed by atoms with Gasteiger partial charge in [-0.1, -0.05) is 12.1 Å². The molecule has 1 saturated carbocycles. The minimum absolute atomic E-state index is 0.162. The Labute approximate surface area is 188 Å². The molecule has 166 valence electrons. The van der Waals surface area contributed by atoms with Crippen molar-refractivity contribution in [2.75, 3.05) is 0 Å². The van der Waals surface area contributed by atoms with E-state index in [1.54, 1.807) is 45.0 Å². The van der Waals surface area contributed by atoms with Crippen molar-refractivity contribution in [1.82, 2.24) is 0 Å². The van der Waals surface area contributed by atoms with Crippen molar-refractivity contribution in [3.05, 3.63) is 74.7 Å². The molecule has 1 nitrogen and oxygen atoms in total. The fraction of sp³-hybridized carbons (Fsp3) is 0.348. The van der Waals surface area contributed by atoms with Gasteiger partial charge in [-0.2, -0.15) is 31.6 Å². The highest BCUT2D eigenvalue weighted by atomic mass is 32.2. The minimum Gasteiger partial charge on any atom is -0.194 e. The van der Waals surface area contributed by atoms with Crippen LogP contribution in [0.25, 0.3) is 4.91 Å². The summed E-state index contributed by atoms with van der Waals surface area (Å²) >= 11 is 2.43. The molecule has 0 bridgehead atoms. The van der Waals surface area contributed by atoms with Crippen molar-refractivity contribution in [3.63, 3.8) is 0 Å². The SMILES string of the molecule is CC1=CC2=C3C(=C4C=C(c5ccc(C#N)cc5)SC4(C)C2(C)S1)C(F)(F)C(F)(F)C3(F)F. The van der Waals surface area contributed by atoms with Gasteiger partial charge in [0.15, 0.2) is 0 Å². The second-order valence-electron chi connectivity index (χ2n) is 8.52. The van der Waals surface area contributed by atoms with Crippen LogP contribution in [0.5, 0.6) is 0 Å². The second kappa shape index (κ2) is 6.09. The maximum Gasteiger partial charge on any atom is 0.380 e. The average Bonchev–Trinajstić information content (AvgIpc) is 3.26. The van der Waals surface area contributed by atoms with Gasteiger partial charge < -0.3 is 0 Å². The molecule has 1 aromatic rings. The predicted octanol–water partition coefficient (Wildman–Crippen LogP) is 7.34. The number of allylic oxidation sites excluding steroid dienone is 5. The van der Waals surface area contributed by atoms with Crippen LogP contribution in [-0.2, 0) is 0 Å². The summed E-state index contributed by atoms with van der Waals surface area (Å²) in [6.07, 6.45) is 2.68. The van der Waals surface area contributed by atoms with Crippen LogP contribution < -0.4 is 0 Å². The largest absolute Gasteiger partial charge is 0.380 e. The van der Waals surface area contributed by atoms with E-state index in [9.17, 15) is 17.6 Å². The van der Waals surface area contributed by atoms with E-state index in [-0.39, 0.29) is 11.1 Å². The summed E-state index contributed by atoms with van der Waals surface area (Å²) in [6, 6.07) is 8.35. The molecule has 2 atom stereocenters. The van der Waals surface area contributed by atoms with Crippen LogP contribution in [0.2, 0.25) is 0 Å². The highest BCUT2D eigenvalue weighted by Gasteiger charge is 2.84. The van der Waals surface area contributed by atoms with Crippen LogP contribution in [0.3, 0.4) is 0 Å². The predicted molar refractivity (Wildman–Crippen MR) is 114 cm³/mol. The number of fused-ring (bicyclic) bond motifs is 4. The molecule has 0 radical (unpaired) electrons. The monoisotopic (exact) mass is 483 g/mol. The lowest BCUT2D eigenvalue weighted by molar-refractivity contribution is -0.258. The van der Waals surface area contributed by atoms with E-state index in [0.29, 0.717) is 20.9 Å². The number of rotatable bonds is 1.